The van der Waals surface area contributed by atoms with Crippen LogP contribution in [0.25, 0.3) is 0 Å². The molecule has 0 aromatic carbocycles. The summed E-state index contributed by atoms with van der Waals surface area (Å²) >= 11 is 2.35. The Balaban J connectivity index is 2.15. The van der Waals surface area contributed by atoms with Gasteiger partial charge >= 0.3 is 0 Å². The molecular formula is C5H11IN2. The number of nitrogens with zero attached hydrogens (tertiary/aromatic N) is 2. The summed E-state index contributed by atoms with van der Waals surface area (Å²) in [6, 6.07) is 0.812. The van der Waals surface area contributed by atoms with E-state index in [2.05, 4.69) is 45.0 Å². The zero-order chi connectivity index (χ0) is 6.15. The van der Waals surface area contributed by atoms with Gasteiger partial charge in [-0.2, -0.15) is 0 Å². The molecule has 1 rings (SSSR count). The minimum atomic E-state index is 0.812. The fraction of sp³-hybridized carbons (Fsp3) is 1.00. The van der Waals surface area contributed by atoms with Crippen molar-refractivity contribution in [2.45, 2.75) is 6.04 Å². The second-order valence-corrected chi connectivity index (χ2v) is 3.81. The Morgan fingerprint density at radius 1 is 1.50 bits per heavy atom. The van der Waals surface area contributed by atoms with Crippen LogP contribution in [0.5, 0.6) is 0 Å². The molecule has 3 heteroatoms. The summed E-state index contributed by atoms with van der Waals surface area (Å²) in [7, 11) is 4.27. The van der Waals surface area contributed by atoms with Gasteiger partial charge in [0.25, 0.3) is 0 Å². The van der Waals surface area contributed by atoms with Gasteiger partial charge < -0.3 is 4.90 Å². The molecule has 48 valence electrons. The molecule has 0 aromatic heterocycles. The van der Waals surface area contributed by atoms with Crippen LogP contribution in [0.15, 0.2) is 0 Å². The lowest BCUT2D eigenvalue weighted by Crippen LogP contribution is -2.52. The zero-order valence-corrected chi connectivity index (χ0v) is 7.42. The highest BCUT2D eigenvalue weighted by molar-refractivity contribution is 14.1. The van der Waals surface area contributed by atoms with Gasteiger partial charge in [0.1, 0.15) is 0 Å². The normalized spacial score (nSPS) is 24.0. The zero-order valence-electron chi connectivity index (χ0n) is 5.26. The standard InChI is InChI=1S/C5H11IN2/c1-7(2)5-3-8(6)4-5/h5H,3-4H2,1-2H3. The Kier molecular flexibility index (Phi) is 2.11. The quantitative estimate of drug-likeness (QED) is 0.476. The second-order valence-electron chi connectivity index (χ2n) is 2.45. The van der Waals surface area contributed by atoms with Crippen molar-refractivity contribution < 1.29 is 0 Å². The Morgan fingerprint density at radius 2 is 2.00 bits per heavy atom. The van der Waals surface area contributed by atoms with Crippen LogP contribution in [0.4, 0.5) is 0 Å². The molecule has 0 aromatic rings. The number of likely N-dealkylation sites (N-methyl/N-ethyl adjacent to an activating group) is 1. The third-order valence-electron chi connectivity index (χ3n) is 1.55. The fourth-order valence-electron chi connectivity index (χ4n) is 0.730. The van der Waals surface area contributed by atoms with Crippen LogP contribution < -0.4 is 0 Å². The third-order valence-corrected chi connectivity index (χ3v) is 2.34. The van der Waals surface area contributed by atoms with Crippen molar-refractivity contribution in [2.75, 3.05) is 27.2 Å². The minimum absolute atomic E-state index is 0.812. The highest BCUT2D eigenvalue weighted by atomic mass is 127. The lowest BCUT2D eigenvalue weighted by molar-refractivity contribution is 0.158. The Morgan fingerprint density at radius 3 is 2.12 bits per heavy atom. The molecule has 0 spiro atoms. The first-order valence-corrected chi connectivity index (χ1v) is 3.74. The van der Waals surface area contributed by atoms with Crippen molar-refractivity contribution in [3.63, 3.8) is 0 Å². The third kappa shape index (κ3) is 1.33. The smallest absolute Gasteiger partial charge is 0.0360 e. The fourth-order valence-corrected chi connectivity index (χ4v) is 1.64. The first-order chi connectivity index (χ1) is 3.70. The topological polar surface area (TPSA) is 6.48 Å². The summed E-state index contributed by atoms with van der Waals surface area (Å²) < 4.78 is 2.29. The summed E-state index contributed by atoms with van der Waals surface area (Å²) in [4.78, 5) is 2.27. The molecule has 0 atom stereocenters. The predicted octanol–water partition coefficient (Wildman–Crippen LogP) is 0.582. The molecule has 1 aliphatic heterocycles. The molecule has 8 heavy (non-hydrogen) atoms. The van der Waals surface area contributed by atoms with E-state index in [9.17, 15) is 0 Å². The number of halogens is 1. The summed E-state index contributed by atoms with van der Waals surface area (Å²) in [5, 5.41) is 0. The van der Waals surface area contributed by atoms with Crippen LogP contribution in [-0.4, -0.2) is 41.2 Å². The molecule has 1 saturated heterocycles. The van der Waals surface area contributed by atoms with Gasteiger partial charge in [-0.1, -0.05) is 0 Å². The van der Waals surface area contributed by atoms with Crippen LogP contribution in [0.1, 0.15) is 0 Å². The maximum atomic E-state index is 2.35. The molecule has 1 heterocycles. The van der Waals surface area contributed by atoms with Gasteiger partial charge in [0, 0.05) is 42.0 Å². The van der Waals surface area contributed by atoms with Crippen molar-refractivity contribution >= 4 is 22.9 Å². The van der Waals surface area contributed by atoms with Crippen LogP contribution in [0.2, 0.25) is 0 Å². The van der Waals surface area contributed by atoms with Gasteiger partial charge in [-0.3, -0.25) is 0 Å². The van der Waals surface area contributed by atoms with Gasteiger partial charge in [0.15, 0.2) is 0 Å². The van der Waals surface area contributed by atoms with Crippen molar-refractivity contribution in [1.29, 1.82) is 0 Å². The molecule has 1 aliphatic rings. The van der Waals surface area contributed by atoms with Gasteiger partial charge in [0.2, 0.25) is 0 Å². The van der Waals surface area contributed by atoms with Crippen molar-refractivity contribution in [3.05, 3.63) is 0 Å². The number of hydrogen-bond donors (Lipinski definition) is 0. The molecule has 0 saturated carbocycles. The maximum Gasteiger partial charge on any atom is 0.0360 e. The Labute approximate surface area is 64.3 Å². The first kappa shape index (κ1) is 6.77. The molecule has 0 bridgehead atoms. The Hall–Kier alpha value is 0.650. The lowest BCUT2D eigenvalue weighted by atomic mass is 10.2. The molecule has 0 N–H and O–H groups in total. The van der Waals surface area contributed by atoms with Crippen LogP contribution in [0, 0.1) is 0 Å². The first-order valence-electron chi connectivity index (χ1n) is 2.77. The number of rotatable bonds is 1. The summed E-state index contributed by atoms with van der Waals surface area (Å²) in [6.07, 6.45) is 0. The minimum Gasteiger partial charge on any atom is -0.304 e. The van der Waals surface area contributed by atoms with E-state index in [4.69, 9.17) is 0 Å². The highest BCUT2D eigenvalue weighted by Gasteiger charge is 2.25. The van der Waals surface area contributed by atoms with Crippen LogP contribution in [-0.2, 0) is 0 Å². The van der Waals surface area contributed by atoms with Crippen molar-refractivity contribution in [1.82, 2.24) is 8.01 Å². The van der Waals surface area contributed by atoms with Gasteiger partial charge in [-0.15, -0.1) is 0 Å². The van der Waals surface area contributed by atoms with Crippen molar-refractivity contribution in [2.24, 2.45) is 0 Å². The largest absolute Gasteiger partial charge is 0.304 e. The van der Waals surface area contributed by atoms with E-state index in [1.54, 1.807) is 0 Å². The van der Waals surface area contributed by atoms with Crippen LogP contribution >= 0.6 is 22.9 Å². The average Bonchev–Trinajstić information content (AvgIpc) is 1.57. The number of hydrogen-bond acceptors (Lipinski definition) is 2. The van der Waals surface area contributed by atoms with E-state index in [1.807, 2.05) is 0 Å². The van der Waals surface area contributed by atoms with E-state index in [0.717, 1.165) is 6.04 Å². The second kappa shape index (κ2) is 2.49. The predicted molar refractivity (Wildman–Crippen MR) is 43.1 cm³/mol. The van der Waals surface area contributed by atoms with Gasteiger partial charge in [0.05, 0.1) is 0 Å². The molecule has 0 unspecified atom stereocenters. The van der Waals surface area contributed by atoms with Gasteiger partial charge in [-0.25, -0.2) is 3.11 Å². The molecule has 0 radical (unpaired) electrons. The average molecular weight is 226 g/mol. The summed E-state index contributed by atoms with van der Waals surface area (Å²) in [5.74, 6) is 0. The van der Waals surface area contributed by atoms with E-state index in [-0.39, 0.29) is 0 Å². The van der Waals surface area contributed by atoms with Crippen LogP contribution in [0.3, 0.4) is 0 Å². The Bertz CT molecular complexity index is 78.5. The lowest BCUT2D eigenvalue weighted by Gasteiger charge is -2.38. The SMILES string of the molecule is CN(C)C1CN(I)C1. The molecule has 0 amide bonds. The van der Waals surface area contributed by atoms with E-state index < -0.39 is 0 Å². The summed E-state index contributed by atoms with van der Waals surface area (Å²) in [5.41, 5.74) is 0. The van der Waals surface area contributed by atoms with E-state index >= 15 is 0 Å². The monoisotopic (exact) mass is 226 g/mol. The van der Waals surface area contributed by atoms with Gasteiger partial charge in [-0.05, 0) is 14.1 Å². The van der Waals surface area contributed by atoms with Crippen molar-refractivity contribution in [3.8, 4) is 0 Å². The van der Waals surface area contributed by atoms with E-state index in [0.29, 0.717) is 0 Å². The molecular weight excluding hydrogens is 215 g/mol. The summed E-state index contributed by atoms with van der Waals surface area (Å²) in [6.45, 7) is 2.46. The molecule has 1 fully saturated rings. The maximum absolute atomic E-state index is 2.35. The van der Waals surface area contributed by atoms with E-state index in [1.165, 1.54) is 13.1 Å². The molecule has 2 nitrogen and oxygen atoms in total. The molecule has 0 aliphatic carbocycles. The highest BCUT2D eigenvalue weighted by Crippen LogP contribution is 2.15.